The fourth-order valence-electron chi connectivity index (χ4n) is 1.79. The number of pyridine rings is 1. The van der Waals surface area contributed by atoms with Crippen molar-refractivity contribution < 1.29 is 4.74 Å². The van der Waals surface area contributed by atoms with Gasteiger partial charge in [0.2, 0.25) is 5.88 Å². The Bertz CT molecular complexity index is 723. The average Bonchev–Trinajstić information content (AvgIpc) is 2.43. The Morgan fingerprint density at radius 1 is 0.789 bits per heavy atom. The van der Waals surface area contributed by atoms with E-state index in [4.69, 9.17) is 27.9 Å². The molecule has 2 nitrogen and oxygen atoms in total. The minimum absolute atomic E-state index is 0.425. The second-order valence-corrected chi connectivity index (χ2v) is 4.81. The fourth-order valence-corrected chi connectivity index (χ4v) is 2.26. The molecule has 2 aromatic carbocycles. The van der Waals surface area contributed by atoms with Crippen molar-refractivity contribution in [3.63, 3.8) is 0 Å². The van der Waals surface area contributed by atoms with Crippen LogP contribution in [0.5, 0.6) is 11.6 Å². The summed E-state index contributed by atoms with van der Waals surface area (Å²) in [6.45, 7) is 0. The molecule has 0 N–H and O–H groups in total. The first-order valence-electron chi connectivity index (χ1n) is 5.72. The van der Waals surface area contributed by atoms with Gasteiger partial charge in [-0.05, 0) is 24.3 Å². The van der Waals surface area contributed by atoms with Crippen LogP contribution >= 0.6 is 23.2 Å². The Hall–Kier alpha value is -1.77. The van der Waals surface area contributed by atoms with E-state index in [2.05, 4.69) is 4.98 Å². The summed E-state index contributed by atoms with van der Waals surface area (Å²) in [6, 6.07) is 16.8. The third-order valence-electron chi connectivity index (χ3n) is 2.70. The van der Waals surface area contributed by atoms with Crippen LogP contribution in [-0.4, -0.2) is 4.98 Å². The van der Waals surface area contributed by atoms with Crippen molar-refractivity contribution in [1.29, 1.82) is 0 Å². The maximum atomic E-state index is 6.06. The molecular weight excluding hydrogens is 281 g/mol. The third kappa shape index (κ3) is 2.50. The smallest absolute Gasteiger partial charge is 0.219 e. The minimum atomic E-state index is 0.425. The molecule has 3 rings (SSSR count). The maximum absolute atomic E-state index is 6.06. The second-order valence-electron chi connectivity index (χ2n) is 4.00. The van der Waals surface area contributed by atoms with Gasteiger partial charge in [0.1, 0.15) is 0 Å². The summed E-state index contributed by atoms with van der Waals surface area (Å²) in [6.07, 6.45) is 0. The Kier molecular flexibility index (Phi) is 3.28. The quantitative estimate of drug-likeness (QED) is 0.636. The number of halogens is 2. The highest BCUT2D eigenvalue weighted by Crippen LogP contribution is 2.35. The molecule has 0 unspecified atom stereocenters. The minimum Gasteiger partial charge on any atom is -0.436 e. The van der Waals surface area contributed by atoms with Crippen LogP contribution in [-0.2, 0) is 0 Å². The molecule has 19 heavy (non-hydrogen) atoms. The summed E-state index contributed by atoms with van der Waals surface area (Å²) in [4.78, 5) is 4.41. The van der Waals surface area contributed by atoms with Crippen molar-refractivity contribution in [2.75, 3.05) is 0 Å². The van der Waals surface area contributed by atoms with Crippen LogP contribution in [0.2, 0.25) is 10.0 Å². The van der Waals surface area contributed by atoms with Gasteiger partial charge in [-0.2, -0.15) is 0 Å². The molecule has 0 spiro atoms. The van der Waals surface area contributed by atoms with E-state index in [1.54, 1.807) is 24.3 Å². The standard InChI is InChI=1S/C15H9Cl2NO/c16-11-5-3-6-12(17)15(11)19-14-9-8-10-4-1-2-7-13(10)18-14/h1-9H. The number of hydrogen-bond acceptors (Lipinski definition) is 2. The Morgan fingerprint density at radius 2 is 1.53 bits per heavy atom. The van der Waals surface area contributed by atoms with Crippen LogP contribution in [0, 0.1) is 0 Å². The molecule has 3 aromatic rings. The molecule has 0 aliphatic heterocycles. The molecule has 0 radical (unpaired) electrons. The number of aromatic nitrogens is 1. The molecule has 0 fully saturated rings. The Morgan fingerprint density at radius 3 is 2.32 bits per heavy atom. The Balaban J connectivity index is 2.01. The largest absolute Gasteiger partial charge is 0.436 e. The predicted molar refractivity (Wildman–Crippen MR) is 78.3 cm³/mol. The van der Waals surface area contributed by atoms with E-state index in [1.807, 2.05) is 30.3 Å². The fraction of sp³-hybridized carbons (Fsp3) is 0. The van der Waals surface area contributed by atoms with Gasteiger partial charge < -0.3 is 4.74 Å². The lowest BCUT2D eigenvalue weighted by atomic mass is 10.2. The zero-order chi connectivity index (χ0) is 13.2. The summed E-state index contributed by atoms with van der Waals surface area (Å²) in [5.74, 6) is 0.891. The lowest BCUT2D eigenvalue weighted by Crippen LogP contribution is -1.90. The van der Waals surface area contributed by atoms with E-state index in [0.717, 1.165) is 10.9 Å². The van der Waals surface area contributed by atoms with E-state index >= 15 is 0 Å². The SMILES string of the molecule is Clc1cccc(Cl)c1Oc1ccc2ccccc2n1. The van der Waals surface area contributed by atoms with Crippen LogP contribution in [0.3, 0.4) is 0 Å². The van der Waals surface area contributed by atoms with E-state index in [-0.39, 0.29) is 0 Å². The molecule has 0 saturated carbocycles. The first kappa shape index (κ1) is 12.3. The molecule has 0 amide bonds. The van der Waals surface area contributed by atoms with E-state index in [1.165, 1.54) is 0 Å². The average molecular weight is 290 g/mol. The van der Waals surface area contributed by atoms with Gasteiger partial charge in [-0.25, -0.2) is 4.98 Å². The number of para-hydroxylation sites is 2. The predicted octanol–water partition coefficient (Wildman–Crippen LogP) is 5.33. The van der Waals surface area contributed by atoms with E-state index < -0.39 is 0 Å². The molecule has 94 valence electrons. The summed E-state index contributed by atoms with van der Waals surface area (Å²) < 4.78 is 5.67. The summed E-state index contributed by atoms with van der Waals surface area (Å²) in [7, 11) is 0. The summed E-state index contributed by atoms with van der Waals surface area (Å²) in [5.41, 5.74) is 0.864. The molecule has 4 heteroatoms. The van der Waals surface area contributed by atoms with Crippen LogP contribution in [0.25, 0.3) is 10.9 Å². The van der Waals surface area contributed by atoms with Gasteiger partial charge in [0.25, 0.3) is 0 Å². The van der Waals surface area contributed by atoms with E-state index in [0.29, 0.717) is 21.7 Å². The van der Waals surface area contributed by atoms with Gasteiger partial charge in [-0.15, -0.1) is 0 Å². The lowest BCUT2D eigenvalue weighted by molar-refractivity contribution is 0.465. The molecular formula is C15H9Cl2NO. The zero-order valence-electron chi connectivity index (χ0n) is 9.81. The van der Waals surface area contributed by atoms with Crippen molar-refractivity contribution in [3.05, 3.63) is 64.6 Å². The van der Waals surface area contributed by atoms with Gasteiger partial charge in [0.05, 0.1) is 15.6 Å². The Labute approximate surface area is 120 Å². The van der Waals surface area contributed by atoms with Crippen molar-refractivity contribution in [2.24, 2.45) is 0 Å². The van der Waals surface area contributed by atoms with Crippen LogP contribution < -0.4 is 4.74 Å². The molecule has 0 saturated heterocycles. The highest BCUT2D eigenvalue weighted by Gasteiger charge is 2.09. The molecule has 0 aliphatic rings. The third-order valence-corrected chi connectivity index (χ3v) is 3.29. The first-order chi connectivity index (χ1) is 9.24. The van der Waals surface area contributed by atoms with Gasteiger partial charge >= 0.3 is 0 Å². The molecule has 1 aromatic heterocycles. The van der Waals surface area contributed by atoms with Crippen LogP contribution in [0.1, 0.15) is 0 Å². The van der Waals surface area contributed by atoms with Crippen molar-refractivity contribution >= 4 is 34.1 Å². The molecule has 0 aliphatic carbocycles. The molecule has 0 bridgehead atoms. The molecule has 1 heterocycles. The van der Waals surface area contributed by atoms with Gasteiger partial charge in [0.15, 0.2) is 5.75 Å². The normalized spacial score (nSPS) is 10.6. The highest BCUT2D eigenvalue weighted by atomic mass is 35.5. The molecule has 0 atom stereocenters. The topological polar surface area (TPSA) is 22.1 Å². The first-order valence-corrected chi connectivity index (χ1v) is 6.47. The number of nitrogens with zero attached hydrogens (tertiary/aromatic N) is 1. The van der Waals surface area contributed by atoms with Crippen molar-refractivity contribution in [2.45, 2.75) is 0 Å². The van der Waals surface area contributed by atoms with Crippen molar-refractivity contribution in [3.8, 4) is 11.6 Å². The zero-order valence-corrected chi connectivity index (χ0v) is 11.3. The highest BCUT2D eigenvalue weighted by molar-refractivity contribution is 6.37. The summed E-state index contributed by atoms with van der Waals surface area (Å²) >= 11 is 12.1. The maximum Gasteiger partial charge on any atom is 0.219 e. The lowest BCUT2D eigenvalue weighted by Gasteiger charge is -2.08. The monoisotopic (exact) mass is 289 g/mol. The van der Waals surface area contributed by atoms with Gasteiger partial charge in [0, 0.05) is 11.5 Å². The number of hydrogen-bond donors (Lipinski definition) is 0. The second kappa shape index (κ2) is 5.08. The van der Waals surface area contributed by atoms with Gasteiger partial charge in [-0.3, -0.25) is 0 Å². The number of rotatable bonds is 2. The van der Waals surface area contributed by atoms with Gasteiger partial charge in [-0.1, -0.05) is 47.5 Å². The van der Waals surface area contributed by atoms with Crippen LogP contribution in [0.4, 0.5) is 0 Å². The summed E-state index contributed by atoms with van der Waals surface area (Å²) in [5, 5.41) is 1.98. The number of fused-ring (bicyclic) bond motifs is 1. The van der Waals surface area contributed by atoms with Crippen molar-refractivity contribution in [1.82, 2.24) is 4.98 Å². The number of ether oxygens (including phenoxy) is 1. The number of benzene rings is 2. The van der Waals surface area contributed by atoms with E-state index in [9.17, 15) is 0 Å². The van der Waals surface area contributed by atoms with Crippen LogP contribution in [0.15, 0.2) is 54.6 Å².